The van der Waals surface area contributed by atoms with Gasteiger partial charge >= 0.3 is 5.97 Å². The molecule has 0 aliphatic carbocycles. The van der Waals surface area contributed by atoms with Crippen LogP contribution in [0.3, 0.4) is 0 Å². The van der Waals surface area contributed by atoms with Gasteiger partial charge in [0.2, 0.25) is 5.89 Å². The summed E-state index contributed by atoms with van der Waals surface area (Å²) < 4.78 is 5.37. The fraction of sp³-hybridized carbons (Fsp3) is 0.250. The lowest BCUT2D eigenvalue weighted by molar-refractivity contribution is 0.0697. The van der Waals surface area contributed by atoms with Crippen LogP contribution in [0.1, 0.15) is 35.0 Å². The highest BCUT2D eigenvalue weighted by Gasteiger charge is 2.16. The van der Waals surface area contributed by atoms with Crippen LogP contribution in [0.5, 0.6) is 0 Å². The van der Waals surface area contributed by atoms with Crippen molar-refractivity contribution in [3.63, 3.8) is 0 Å². The van der Waals surface area contributed by atoms with Crippen LogP contribution in [0.4, 0.5) is 5.82 Å². The van der Waals surface area contributed by atoms with E-state index in [4.69, 9.17) is 9.52 Å². The molecule has 94 valence electrons. The fourth-order valence-electron chi connectivity index (χ4n) is 1.53. The topological polar surface area (TPSA) is 88.2 Å². The van der Waals surface area contributed by atoms with Crippen LogP contribution in [0, 0.1) is 6.92 Å². The molecule has 1 atom stereocenters. The molecule has 0 radical (unpaired) electrons. The smallest absolute Gasteiger partial charge is 0.339 e. The number of aryl methyl sites for hydroxylation is 1. The SMILES string of the molecule is Cc1cnc(C(C)Nc2ncccc2C(=O)O)o1. The first-order chi connectivity index (χ1) is 8.58. The zero-order valence-electron chi connectivity index (χ0n) is 10.0. The van der Waals surface area contributed by atoms with E-state index in [0.717, 1.165) is 0 Å². The Hall–Kier alpha value is -2.37. The van der Waals surface area contributed by atoms with E-state index in [0.29, 0.717) is 17.5 Å². The molecule has 6 nitrogen and oxygen atoms in total. The number of hydrogen-bond donors (Lipinski definition) is 2. The first-order valence-corrected chi connectivity index (χ1v) is 5.45. The monoisotopic (exact) mass is 247 g/mol. The second-order valence-electron chi connectivity index (χ2n) is 3.88. The third-order valence-corrected chi connectivity index (χ3v) is 2.40. The largest absolute Gasteiger partial charge is 0.478 e. The Morgan fingerprint density at radius 1 is 1.50 bits per heavy atom. The molecule has 2 aromatic rings. The van der Waals surface area contributed by atoms with E-state index in [-0.39, 0.29) is 11.6 Å². The minimum atomic E-state index is -1.03. The summed E-state index contributed by atoms with van der Waals surface area (Å²) in [6.45, 7) is 3.62. The predicted molar refractivity (Wildman–Crippen MR) is 64.5 cm³/mol. The molecule has 0 fully saturated rings. The minimum Gasteiger partial charge on any atom is -0.478 e. The van der Waals surface area contributed by atoms with E-state index < -0.39 is 5.97 Å². The van der Waals surface area contributed by atoms with Gasteiger partial charge < -0.3 is 14.8 Å². The Kier molecular flexibility index (Phi) is 3.27. The van der Waals surface area contributed by atoms with Crippen molar-refractivity contribution in [1.29, 1.82) is 0 Å². The molecule has 0 amide bonds. The average molecular weight is 247 g/mol. The molecule has 1 unspecified atom stereocenters. The van der Waals surface area contributed by atoms with Crippen molar-refractivity contribution in [3.05, 3.63) is 41.7 Å². The van der Waals surface area contributed by atoms with Crippen molar-refractivity contribution in [1.82, 2.24) is 9.97 Å². The number of anilines is 1. The van der Waals surface area contributed by atoms with E-state index in [1.54, 1.807) is 19.2 Å². The van der Waals surface area contributed by atoms with Gasteiger partial charge in [-0.05, 0) is 26.0 Å². The summed E-state index contributed by atoms with van der Waals surface area (Å²) in [5.74, 6) is 0.474. The molecule has 2 N–H and O–H groups in total. The van der Waals surface area contributed by atoms with Crippen LogP contribution in [0.25, 0.3) is 0 Å². The molecular formula is C12H13N3O3. The lowest BCUT2D eigenvalue weighted by Gasteiger charge is -2.12. The third kappa shape index (κ3) is 2.48. The molecule has 2 rings (SSSR count). The highest BCUT2D eigenvalue weighted by atomic mass is 16.4. The Balaban J connectivity index is 2.21. The van der Waals surface area contributed by atoms with Crippen molar-refractivity contribution in [2.75, 3.05) is 5.32 Å². The number of carbonyl (C=O) groups is 1. The van der Waals surface area contributed by atoms with Crippen LogP contribution < -0.4 is 5.32 Å². The second kappa shape index (κ2) is 4.87. The molecule has 0 bridgehead atoms. The summed E-state index contributed by atoms with van der Waals surface area (Å²) >= 11 is 0. The number of nitrogens with zero attached hydrogens (tertiary/aromatic N) is 2. The molecular weight excluding hydrogens is 234 g/mol. The molecule has 18 heavy (non-hydrogen) atoms. The van der Waals surface area contributed by atoms with E-state index >= 15 is 0 Å². The van der Waals surface area contributed by atoms with Crippen molar-refractivity contribution in [3.8, 4) is 0 Å². The van der Waals surface area contributed by atoms with Crippen LogP contribution in [0.15, 0.2) is 28.9 Å². The standard InChI is InChI=1S/C12H13N3O3/c1-7-6-14-11(18-7)8(2)15-10-9(12(16)17)4-3-5-13-10/h3-6,8H,1-2H3,(H,13,15)(H,16,17). The highest BCUT2D eigenvalue weighted by molar-refractivity contribution is 5.93. The number of oxazole rings is 1. The quantitative estimate of drug-likeness (QED) is 0.861. The zero-order chi connectivity index (χ0) is 13.1. The molecule has 2 heterocycles. The minimum absolute atomic E-state index is 0.118. The summed E-state index contributed by atoms with van der Waals surface area (Å²) in [5, 5.41) is 12.0. The van der Waals surface area contributed by atoms with Gasteiger partial charge in [0.25, 0.3) is 0 Å². The number of aromatic carboxylic acids is 1. The van der Waals surface area contributed by atoms with Gasteiger partial charge in [-0.1, -0.05) is 0 Å². The molecule has 0 aromatic carbocycles. The van der Waals surface area contributed by atoms with E-state index in [9.17, 15) is 4.79 Å². The molecule has 0 spiro atoms. The van der Waals surface area contributed by atoms with Gasteiger partial charge in [0, 0.05) is 6.20 Å². The maximum atomic E-state index is 11.0. The molecule has 2 aromatic heterocycles. The van der Waals surface area contributed by atoms with Crippen LogP contribution in [0.2, 0.25) is 0 Å². The summed E-state index contributed by atoms with van der Waals surface area (Å²) in [4.78, 5) is 19.1. The van der Waals surface area contributed by atoms with Crippen molar-refractivity contribution in [2.45, 2.75) is 19.9 Å². The Bertz CT molecular complexity index is 565. The predicted octanol–water partition coefficient (Wildman–Crippen LogP) is 2.25. The summed E-state index contributed by atoms with van der Waals surface area (Å²) in [7, 11) is 0. The van der Waals surface area contributed by atoms with Gasteiger partial charge in [0.15, 0.2) is 0 Å². The molecule has 0 saturated carbocycles. The number of carboxylic acid groups (broad SMARTS) is 1. The number of hydrogen-bond acceptors (Lipinski definition) is 5. The third-order valence-electron chi connectivity index (χ3n) is 2.40. The fourth-order valence-corrected chi connectivity index (χ4v) is 1.53. The van der Waals surface area contributed by atoms with Crippen molar-refractivity contribution in [2.24, 2.45) is 0 Å². The molecule has 6 heteroatoms. The second-order valence-corrected chi connectivity index (χ2v) is 3.88. The van der Waals surface area contributed by atoms with Gasteiger partial charge in [-0.2, -0.15) is 0 Å². The zero-order valence-corrected chi connectivity index (χ0v) is 10.0. The Labute approximate surface area is 104 Å². The Morgan fingerprint density at radius 3 is 2.89 bits per heavy atom. The van der Waals surface area contributed by atoms with Gasteiger partial charge in [-0.3, -0.25) is 0 Å². The van der Waals surface area contributed by atoms with E-state index in [1.165, 1.54) is 12.3 Å². The van der Waals surface area contributed by atoms with Crippen LogP contribution in [-0.4, -0.2) is 21.0 Å². The van der Waals surface area contributed by atoms with Gasteiger partial charge in [-0.15, -0.1) is 0 Å². The van der Waals surface area contributed by atoms with E-state index in [2.05, 4.69) is 15.3 Å². The number of nitrogens with one attached hydrogen (secondary N) is 1. The molecule has 0 aliphatic rings. The lowest BCUT2D eigenvalue weighted by Crippen LogP contribution is -2.12. The van der Waals surface area contributed by atoms with E-state index in [1.807, 2.05) is 6.92 Å². The first kappa shape index (κ1) is 12.1. The lowest BCUT2D eigenvalue weighted by atomic mass is 10.2. The number of carboxylic acids is 1. The van der Waals surface area contributed by atoms with Gasteiger partial charge in [-0.25, -0.2) is 14.8 Å². The number of rotatable bonds is 4. The van der Waals surface area contributed by atoms with Gasteiger partial charge in [0.05, 0.1) is 6.20 Å². The number of pyridine rings is 1. The molecule has 0 aliphatic heterocycles. The average Bonchev–Trinajstić information content (AvgIpc) is 2.76. The van der Waals surface area contributed by atoms with Crippen molar-refractivity contribution < 1.29 is 14.3 Å². The number of aromatic nitrogens is 2. The summed E-state index contributed by atoms with van der Waals surface area (Å²) in [5.41, 5.74) is 0.118. The highest BCUT2D eigenvalue weighted by Crippen LogP contribution is 2.20. The maximum absolute atomic E-state index is 11.0. The Morgan fingerprint density at radius 2 is 2.28 bits per heavy atom. The van der Waals surface area contributed by atoms with Crippen LogP contribution >= 0.6 is 0 Å². The normalized spacial score (nSPS) is 12.1. The summed E-state index contributed by atoms with van der Waals surface area (Å²) in [6.07, 6.45) is 3.15. The summed E-state index contributed by atoms with van der Waals surface area (Å²) in [6, 6.07) is 2.81. The molecule has 0 saturated heterocycles. The first-order valence-electron chi connectivity index (χ1n) is 5.45. The van der Waals surface area contributed by atoms with Crippen LogP contribution in [-0.2, 0) is 0 Å². The van der Waals surface area contributed by atoms with Gasteiger partial charge in [0.1, 0.15) is 23.2 Å². The maximum Gasteiger partial charge on any atom is 0.339 e. The van der Waals surface area contributed by atoms with Crippen molar-refractivity contribution >= 4 is 11.8 Å².